The fourth-order valence-electron chi connectivity index (χ4n) is 3.30. The minimum Gasteiger partial charge on any atom is -0.493 e. The Morgan fingerprint density at radius 2 is 1.73 bits per heavy atom. The van der Waals surface area contributed by atoms with E-state index >= 15 is 0 Å². The molecule has 2 aromatic carbocycles. The number of nitrogens with zero attached hydrogens (tertiary/aromatic N) is 3. The first-order valence-electron chi connectivity index (χ1n) is 9.31. The number of piperazine rings is 1. The van der Waals surface area contributed by atoms with Gasteiger partial charge in [-0.1, -0.05) is 6.07 Å². The van der Waals surface area contributed by atoms with Gasteiger partial charge in [-0.3, -0.25) is 4.79 Å². The summed E-state index contributed by atoms with van der Waals surface area (Å²) < 4.78 is 57.8. The molecule has 1 saturated heterocycles. The molecule has 1 aliphatic heterocycles. The third-order valence-corrected chi connectivity index (χ3v) is 4.83. The lowest BCUT2D eigenvalue weighted by atomic mass is 10.0. The Hall–Kier alpha value is -3.28. The highest BCUT2D eigenvalue weighted by atomic mass is 19.4. The molecule has 1 fully saturated rings. The van der Waals surface area contributed by atoms with Crippen LogP contribution in [0.15, 0.2) is 42.5 Å². The van der Waals surface area contributed by atoms with Gasteiger partial charge in [0.05, 0.1) is 29.8 Å². The third-order valence-electron chi connectivity index (χ3n) is 4.83. The van der Waals surface area contributed by atoms with Gasteiger partial charge in [0, 0.05) is 26.2 Å². The van der Waals surface area contributed by atoms with Crippen LogP contribution in [0.5, 0.6) is 5.75 Å². The second-order valence-corrected chi connectivity index (χ2v) is 6.73. The van der Waals surface area contributed by atoms with Crippen molar-refractivity contribution >= 4 is 11.6 Å². The second-order valence-electron chi connectivity index (χ2n) is 6.73. The molecule has 0 atom stereocenters. The van der Waals surface area contributed by atoms with Gasteiger partial charge in [-0.15, -0.1) is 0 Å². The Labute approximate surface area is 171 Å². The van der Waals surface area contributed by atoms with E-state index in [4.69, 9.17) is 4.74 Å². The molecule has 1 heterocycles. The van der Waals surface area contributed by atoms with Crippen LogP contribution in [0.4, 0.5) is 23.2 Å². The summed E-state index contributed by atoms with van der Waals surface area (Å²) in [5, 5.41) is 9.26. The minimum absolute atomic E-state index is 0.129. The third kappa shape index (κ3) is 5.00. The van der Waals surface area contributed by atoms with Crippen molar-refractivity contribution in [3.05, 3.63) is 59.4 Å². The monoisotopic (exact) mass is 421 g/mol. The lowest BCUT2D eigenvalue weighted by Gasteiger charge is -2.36. The van der Waals surface area contributed by atoms with E-state index < -0.39 is 17.3 Å². The van der Waals surface area contributed by atoms with Crippen molar-refractivity contribution in [3.63, 3.8) is 0 Å². The average molecular weight is 421 g/mol. The van der Waals surface area contributed by atoms with Crippen molar-refractivity contribution < 1.29 is 27.1 Å². The number of nitriles is 1. The normalized spacial score (nSPS) is 14.4. The Balaban J connectivity index is 1.55. The summed E-state index contributed by atoms with van der Waals surface area (Å²) in [6.07, 6.45) is -4.48. The number of hydrogen-bond acceptors (Lipinski definition) is 4. The predicted molar refractivity (Wildman–Crippen MR) is 101 cm³/mol. The molecule has 0 unspecified atom stereocenters. The molecule has 1 amide bonds. The number of carbonyl (C=O) groups is 1. The largest absolute Gasteiger partial charge is 0.493 e. The number of halogens is 4. The number of benzene rings is 2. The standard InChI is InChI=1S/C21H19F4N3O2/c22-15-4-6-16(7-5-15)30-13-8-20(29)28-11-9-27(10-12-28)19-3-1-2-18(17(19)14-26)21(23,24)25/h1-7H,8-13H2. The number of carbonyl (C=O) groups excluding carboxylic acids is 1. The molecular weight excluding hydrogens is 402 g/mol. The number of rotatable bonds is 5. The highest BCUT2D eigenvalue weighted by molar-refractivity contribution is 5.76. The molecule has 0 radical (unpaired) electrons. The SMILES string of the molecule is N#Cc1c(N2CCN(C(=O)CCOc3ccc(F)cc3)CC2)cccc1C(F)(F)F. The smallest absolute Gasteiger partial charge is 0.417 e. The Kier molecular flexibility index (Phi) is 6.45. The van der Waals surface area contributed by atoms with Gasteiger partial charge in [0.25, 0.3) is 0 Å². The molecule has 3 rings (SSSR count). The lowest BCUT2D eigenvalue weighted by molar-refractivity contribution is -0.137. The van der Waals surface area contributed by atoms with Crippen LogP contribution in [-0.4, -0.2) is 43.6 Å². The summed E-state index contributed by atoms with van der Waals surface area (Å²) in [4.78, 5) is 15.7. The van der Waals surface area contributed by atoms with E-state index in [2.05, 4.69) is 0 Å². The molecule has 0 aromatic heterocycles. The molecule has 0 N–H and O–H groups in total. The molecule has 1 aliphatic rings. The fraction of sp³-hybridized carbons (Fsp3) is 0.333. The van der Waals surface area contributed by atoms with Gasteiger partial charge >= 0.3 is 6.18 Å². The Morgan fingerprint density at radius 1 is 1.07 bits per heavy atom. The van der Waals surface area contributed by atoms with Crippen LogP contribution in [0.2, 0.25) is 0 Å². The zero-order chi connectivity index (χ0) is 21.7. The van der Waals surface area contributed by atoms with Gasteiger partial charge in [0.15, 0.2) is 0 Å². The van der Waals surface area contributed by atoms with Crippen molar-refractivity contribution in [2.75, 3.05) is 37.7 Å². The molecule has 30 heavy (non-hydrogen) atoms. The summed E-state index contributed by atoms with van der Waals surface area (Å²) in [5.41, 5.74) is -1.14. The zero-order valence-electron chi connectivity index (χ0n) is 16.0. The van der Waals surface area contributed by atoms with Crippen LogP contribution in [-0.2, 0) is 11.0 Å². The maximum atomic E-state index is 13.2. The summed E-state index contributed by atoms with van der Waals surface area (Å²) in [6, 6.07) is 10.8. The molecule has 5 nitrogen and oxygen atoms in total. The quantitative estimate of drug-likeness (QED) is 0.689. The molecular formula is C21H19F4N3O2. The lowest BCUT2D eigenvalue weighted by Crippen LogP contribution is -2.49. The van der Waals surface area contributed by atoms with Gasteiger partial charge in [-0.25, -0.2) is 4.39 Å². The van der Waals surface area contributed by atoms with E-state index in [1.165, 1.54) is 36.4 Å². The van der Waals surface area contributed by atoms with E-state index in [0.717, 1.165) is 6.07 Å². The molecule has 0 spiro atoms. The van der Waals surface area contributed by atoms with Crippen LogP contribution in [0.1, 0.15) is 17.5 Å². The molecule has 9 heteroatoms. The van der Waals surface area contributed by atoms with Gasteiger partial charge in [-0.2, -0.15) is 18.4 Å². The predicted octanol–water partition coefficient (Wildman–Crippen LogP) is 3.83. The van der Waals surface area contributed by atoms with E-state index in [-0.39, 0.29) is 30.4 Å². The van der Waals surface area contributed by atoms with E-state index in [1.807, 2.05) is 0 Å². The van der Waals surface area contributed by atoms with Gasteiger partial charge < -0.3 is 14.5 Å². The second kappa shape index (κ2) is 9.03. The van der Waals surface area contributed by atoms with Crippen LogP contribution >= 0.6 is 0 Å². The Bertz CT molecular complexity index is 931. The molecule has 0 bridgehead atoms. The fourth-order valence-corrected chi connectivity index (χ4v) is 3.30. The number of anilines is 1. The summed E-state index contributed by atoms with van der Waals surface area (Å²) in [7, 11) is 0. The van der Waals surface area contributed by atoms with Crippen molar-refractivity contribution in [3.8, 4) is 11.8 Å². The van der Waals surface area contributed by atoms with Crippen LogP contribution < -0.4 is 9.64 Å². The Morgan fingerprint density at radius 3 is 2.33 bits per heavy atom. The van der Waals surface area contributed by atoms with Gasteiger partial charge in [0.2, 0.25) is 5.91 Å². The number of alkyl halides is 3. The van der Waals surface area contributed by atoms with Crippen molar-refractivity contribution in [2.45, 2.75) is 12.6 Å². The first-order chi connectivity index (χ1) is 14.3. The first kappa shape index (κ1) is 21.4. The average Bonchev–Trinajstić information content (AvgIpc) is 2.74. The number of ether oxygens (including phenoxy) is 1. The topological polar surface area (TPSA) is 56.6 Å². The zero-order valence-corrected chi connectivity index (χ0v) is 16.0. The highest BCUT2D eigenvalue weighted by Crippen LogP contribution is 2.36. The molecule has 2 aromatic rings. The van der Waals surface area contributed by atoms with Crippen LogP contribution in [0.3, 0.4) is 0 Å². The van der Waals surface area contributed by atoms with E-state index in [0.29, 0.717) is 31.9 Å². The van der Waals surface area contributed by atoms with Gasteiger partial charge in [-0.05, 0) is 36.4 Å². The van der Waals surface area contributed by atoms with Crippen molar-refractivity contribution in [2.24, 2.45) is 0 Å². The van der Waals surface area contributed by atoms with Gasteiger partial charge in [0.1, 0.15) is 17.6 Å². The van der Waals surface area contributed by atoms with Crippen molar-refractivity contribution in [1.29, 1.82) is 5.26 Å². The van der Waals surface area contributed by atoms with Crippen molar-refractivity contribution in [1.82, 2.24) is 4.90 Å². The summed E-state index contributed by atoms with van der Waals surface area (Å²) in [6.45, 7) is 1.44. The van der Waals surface area contributed by atoms with Crippen LogP contribution in [0.25, 0.3) is 0 Å². The van der Waals surface area contributed by atoms with E-state index in [1.54, 1.807) is 15.9 Å². The first-order valence-corrected chi connectivity index (χ1v) is 9.31. The maximum Gasteiger partial charge on any atom is 0.417 e. The highest BCUT2D eigenvalue weighted by Gasteiger charge is 2.35. The molecule has 0 aliphatic carbocycles. The van der Waals surface area contributed by atoms with Crippen LogP contribution in [0, 0.1) is 17.1 Å². The molecule has 0 saturated carbocycles. The number of amides is 1. The maximum absolute atomic E-state index is 13.2. The summed E-state index contributed by atoms with van der Waals surface area (Å²) >= 11 is 0. The minimum atomic E-state index is -4.61. The molecule has 158 valence electrons. The summed E-state index contributed by atoms with van der Waals surface area (Å²) in [5.74, 6) is -0.0551. The van der Waals surface area contributed by atoms with E-state index in [9.17, 15) is 27.6 Å². The number of hydrogen-bond donors (Lipinski definition) is 0.